The number of nitrogens with zero attached hydrogens (tertiary/aromatic N) is 1. The average Bonchev–Trinajstić information content (AvgIpc) is 3.43. The quantitative estimate of drug-likeness (QED) is 0.324. The Hall–Kier alpha value is -4.39. The molecule has 2 N–H and O–H groups in total. The van der Waals surface area contributed by atoms with Crippen LogP contribution in [0.15, 0.2) is 78.9 Å². The van der Waals surface area contributed by atoms with Crippen molar-refractivity contribution in [1.82, 2.24) is 15.2 Å². The molecule has 1 aliphatic heterocycles. The third-order valence-electron chi connectivity index (χ3n) is 6.98. The number of amides is 2. The SMILES string of the molecule is COC(=O)C(CC(C)C)NC(=O)CN1C(=O)c2ccccc2C1c1c(-c2ccccc2)[nH]c2ccccc12. The standard InChI is InChI=1S/C31H31N3O4/c1-19(2)17-25(31(37)38-3)32-26(35)18-34-29(21-13-7-8-14-22(21)30(34)36)27-23-15-9-10-16-24(23)33-28(27)20-11-5-4-6-12-20/h4-16,19,25,29,33H,17-18H2,1-3H3,(H,32,35). The zero-order valence-electron chi connectivity index (χ0n) is 21.7. The van der Waals surface area contributed by atoms with Crippen LogP contribution in [0.1, 0.15) is 47.8 Å². The van der Waals surface area contributed by atoms with Crippen molar-refractivity contribution < 1.29 is 19.1 Å². The number of fused-ring (bicyclic) bond motifs is 2. The molecule has 38 heavy (non-hydrogen) atoms. The fraction of sp³-hybridized carbons (Fsp3) is 0.258. The smallest absolute Gasteiger partial charge is 0.328 e. The molecule has 7 heteroatoms. The van der Waals surface area contributed by atoms with E-state index in [9.17, 15) is 14.4 Å². The summed E-state index contributed by atoms with van der Waals surface area (Å²) in [7, 11) is 1.31. The van der Waals surface area contributed by atoms with Gasteiger partial charge in [0.15, 0.2) is 0 Å². The molecule has 0 fully saturated rings. The van der Waals surface area contributed by atoms with Crippen molar-refractivity contribution in [1.29, 1.82) is 0 Å². The minimum atomic E-state index is -0.779. The van der Waals surface area contributed by atoms with Gasteiger partial charge in [-0.3, -0.25) is 9.59 Å². The Morgan fingerprint density at radius 2 is 1.66 bits per heavy atom. The van der Waals surface area contributed by atoms with Crippen LogP contribution < -0.4 is 5.32 Å². The zero-order valence-corrected chi connectivity index (χ0v) is 21.7. The van der Waals surface area contributed by atoms with Crippen LogP contribution in [-0.2, 0) is 14.3 Å². The molecule has 0 saturated heterocycles. The second kappa shape index (κ2) is 10.5. The first-order valence-electron chi connectivity index (χ1n) is 12.8. The average molecular weight is 510 g/mol. The van der Waals surface area contributed by atoms with Gasteiger partial charge >= 0.3 is 5.97 Å². The van der Waals surface area contributed by atoms with Gasteiger partial charge < -0.3 is 19.9 Å². The largest absolute Gasteiger partial charge is 0.467 e. The summed E-state index contributed by atoms with van der Waals surface area (Å²) in [5.41, 5.74) is 5.19. The number of hydrogen-bond acceptors (Lipinski definition) is 4. The van der Waals surface area contributed by atoms with E-state index in [1.54, 1.807) is 11.0 Å². The van der Waals surface area contributed by atoms with Crippen molar-refractivity contribution in [2.24, 2.45) is 5.92 Å². The molecule has 2 atom stereocenters. The summed E-state index contributed by atoms with van der Waals surface area (Å²) in [5.74, 6) is -0.955. The number of nitrogens with one attached hydrogen (secondary N) is 2. The van der Waals surface area contributed by atoms with E-state index in [4.69, 9.17) is 4.74 Å². The highest BCUT2D eigenvalue weighted by molar-refractivity contribution is 6.03. The Morgan fingerprint density at radius 1 is 0.974 bits per heavy atom. The van der Waals surface area contributed by atoms with Crippen LogP contribution in [-0.4, -0.2) is 47.4 Å². The monoisotopic (exact) mass is 509 g/mol. The van der Waals surface area contributed by atoms with Crippen LogP contribution >= 0.6 is 0 Å². The van der Waals surface area contributed by atoms with Gasteiger partial charge in [0.2, 0.25) is 5.91 Å². The molecule has 4 aromatic rings. The second-order valence-electron chi connectivity index (χ2n) is 10.0. The first kappa shape index (κ1) is 25.3. The van der Waals surface area contributed by atoms with Gasteiger partial charge in [-0.2, -0.15) is 0 Å². The Kier molecular flexibility index (Phi) is 7.01. The predicted octanol–water partition coefficient (Wildman–Crippen LogP) is 5.08. The molecule has 1 aliphatic rings. The Labute approximate surface area is 221 Å². The van der Waals surface area contributed by atoms with Gasteiger partial charge in [-0.25, -0.2) is 4.79 Å². The number of benzene rings is 3. The number of carbonyl (C=O) groups is 3. The molecule has 1 aromatic heterocycles. The molecule has 0 saturated carbocycles. The summed E-state index contributed by atoms with van der Waals surface area (Å²) in [4.78, 5) is 44.5. The molecule has 0 bridgehead atoms. The van der Waals surface area contributed by atoms with Gasteiger partial charge in [-0.15, -0.1) is 0 Å². The Bertz CT molecular complexity index is 1490. The van der Waals surface area contributed by atoms with Crippen molar-refractivity contribution in [3.8, 4) is 11.3 Å². The summed E-state index contributed by atoms with van der Waals surface area (Å²) < 4.78 is 4.91. The lowest BCUT2D eigenvalue weighted by molar-refractivity contribution is -0.145. The number of H-pyrrole nitrogens is 1. The van der Waals surface area contributed by atoms with Gasteiger partial charge in [0.1, 0.15) is 12.6 Å². The lowest BCUT2D eigenvalue weighted by Gasteiger charge is -2.27. The molecule has 0 spiro atoms. The van der Waals surface area contributed by atoms with E-state index in [0.29, 0.717) is 12.0 Å². The molecule has 7 nitrogen and oxygen atoms in total. The number of esters is 1. The van der Waals surface area contributed by atoms with Crippen LogP contribution in [0.25, 0.3) is 22.2 Å². The van der Waals surface area contributed by atoms with Gasteiger partial charge in [0.25, 0.3) is 5.91 Å². The lowest BCUT2D eigenvalue weighted by atomic mass is 9.93. The second-order valence-corrected chi connectivity index (χ2v) is 10.0. The first-order chi connectivity index (χ1) is 18.4. The number of aromatic nitrogens is 1. The van der Waals surface area contributed by atoms with Crippen molar-refractivity contribution >= 4 is 28.7 Å². The number of ether oxygens (including phenoxy) is 1. The molecular weight excluding hydrogens is 478 g/mol. The maximum atomic E-state index is 13.7. The lowest BCUT2D eigenvalue weighted by Crippen LogP contribution is -2.47. The summed E-state index contributed by atoms with van der Waals surface area (Å²) in [6.45, 7) is 3.75. The fourth-order valence-corrected chi connectivity index (χ4v) is 5.35. The first-order valence-corrected chi connectivity index (χ1v) is 12.8. The molecule has 2 amide bonds. The van der Waals surface area contributed by atoms with Crippen LogP contribution in [0.5, 0.6) is 0 Å². The van der Waals surface area contributed by atoms with E-state index in [1.807, 2.05) is 86.6 Å². The molecular formula is C31H31N3O4. The van der Waals surface area contributed by atoms with Gasteiger partial charge in [-0.05, 0) is 35.6 Å². The number of para-hydroxylation sites is 1. The van der Waals surface area contributed by atoms with Crippen LogP contribution in [0.3, 0.4) is 0 Å². The maximum absolute atomic E-state index is 13.7. The summed E-state index contributed by atoms with van der Waals surface area (Å²) >= 11 is 0. The van der Waals surface area contributed by atoms with Crippen molar-refractivity contribution in [3.05, 3.63) is 95.6 Å². The van der Waals surface area contributed by atoms with Crippen molar-refractivity contribution in [2.75, 3.05) is 13.7 Å². The molecule has 0 aliphatic carbocycles. The molecule has 194 valence electrons. The highest BCUT2D eigenvalue weighted by Crippen LogP contribution is 2.45. The number of aromatic amines is 1. The Balaban J connectivity index is 1.59. The van der Waals surface area contributed by atoms with Crippen molar-refractivity contribution in [3.63, 3.8) is 0 Å². The van der Waals surface area contributed by atoms with Crippen LogP contribution in [0, 0.1) is 5.92 Å². The number of hydrogen-bond donors (Lipinski definition) is 2. The zero-order chi connectivity index (χ0) is 26.8. The minimum Gasteiger partial charge on any atom is -0.467 e. The predicted molar refractivity (Wildman–Crippen MR) is 146 cm³/mol. The Morgan fingerprint density at radius 3 is 2.39 bits per heavy atom. The highest BCUT2D eigenvalue weighted by atomic mass is 16.5. The van der Waals surface area contributed by atoms with E-state index in [1.165, 1.54) is 7.11 Å². The molecule has 2 heterocycles. The number of methoxy groups -OCH3 is 1. The normalized spacial score (nSPS) is 15.5. The minimum absolute atomic E-state index is 0.171. The fourth-order valence-electron chi connectivity index (χ4n) is 5.35. The van der Waals surface area contributed by atoms with Gasteiger partial charge in [0.05, 0.1) is 18.8 Å². The third kappa shape index (κ3) is 4.67. The molecule has 0 radical (unpaired) electrons. The van der Waals surface area contributed by atoms with Gasteiger partial charge in [0, 0.05) is 22.0 Å². The number of carbonyl (C=O) groups excluding carboxylic acids is 3. The van der Waals surface area contributed by atoms with Crippen molar-refractivity contribution in [2.45, 2.75) is 32.4 Å². The van der Waals surface area contributed by atoms with Gasteiger partial charge in [-0.1, -0.05) is 80.6 Å². The number of rotatable bonds is 8. The van der Waals surface area contributed by atoms with Crippen LogP contribution in [0.4, 0.5) is 0 Å². The maximum Gasteiger partial charge on any atom is 0.328 e. The van der Waals surface area contributed by atoms with E-state index >= 15 is 0 Å². The topological polar surface area (TPSA) is 91.5 Å². The summed E-state index contributed by atoms with van der Waals surface area (Å²) in [5, 5.41) is 3.79. The van der Waals surface area contributed by atoms with Crippen LogP contribution in [0.2, 0.25) is 0 Å². The molecule has 2 unspecified atom stereocenters. The summed E-state index contributed by atoms with van der Waals surface area (Å²) in [6, 6.07) is 24.2. The van der Waals surface area contributed by atoms with E-state index in [2.05, 4.69) is 10.3 Å². The molecule has 3 aromatic carbocycles. The summed E-state index contributed by atoms with van der Waals surface area (Å²) in [6.07, 6.45) is 0.441. The molecule has 5 rings (SSSR count). The highest BCUT2D eigenvalue weighted by Gasteiger charge is 2.41. The van der Waals surface area contributed by atoms with E-state index in [-0.39, 0.29) is 18.4 Å². The van der Waals surface area contributed by atoms with E-state index < -0.39 is 24.0 Å². The van der Waals surface area contributed by atoms with E-state index in [0.717, 1.165) is 33.3 Å². The third-order valence-corrected chi connectivity index (χ3v) is 6.98.